The Morgan fingerprint density at radius 1 is 1.19 bits per heavy atom. The molecular formula is C22H33N3O2. The molecule has 27 heavy (non-hydrogen) atoms. The molecule has 1 aromatic heterocycles. The molecule has 5 heteroatoms. The number of ether oxygens (including phenoxy) is 1. The predicted octanol–water partition coefficient (Wildman–Crippen LogP) is 3.05. The third kappa shape index (κ3) is 4.04. The van der Waals surface area contributed by atoms with Crippen molar-refractivity contribution in [3.63, 3.8) is 0 Å². The highest BCUT2D eigenvalue weighted by Gasteiger charge is 2.53. The average molecular weight is 372 g/mol. The van der Waals surface area contributed by atoms with E-state index in [-0.39, 0.29) is 11.4 Å². The van der Waals surface area contributed by atoms with Gasteiger partial charge in [0.15, 0.2) is 0 Å². The van der Waals surface area contributed by atoms with Gasteiger partial charge in [-0.3, -0.25) is 14.7 Å². The second-order valence-electron chi connectivity index (χ2n) is 8.93. The molecule has 1 aromatic rings. The Labute approximate surface area is 163 Å². The van der Waals surface area contributed by atoms with Crippen LogP contribution in [-0.2, 0) is 4.74 Å². The van der Waals surface area contributed by atoms with Crippen molar-refractivity contribution in [2.24, 2.45) is 11.8 Å². The predicted molar refractivity (Wildman–Crippen MR) is 106 cm³/mol. The van der Waals surface area contributed by atoms with Crippen LogP contribution in [0.5, 0.6) is 0 Å². The summed E-state index contributed by atoms with van der Waals surface area (Å²) in [5.74, 6) is 1.68. The Morgan fingerprint density at radius 3 is 2.52 bits per heavy atom. The third-order valence-electron chi connectivity index (χ3n) is 6.47. The maximum Gasteiger partial charge on any atom is 0.254 e. The monoisotopic (exact) mass is 371 g/mol. The maximum atomic E-state index is 13.0. The van der Waals surface area contributed by atoms with Crippen LogP contribution in [0.4, 0.5) is 0 Å². The first-order valence-electron chi connectivity index (χ1n) is 10.6. The number of likely N-dealkylation sites (tertiary alicyclic amines) is 2. The largest absolute Gasteiger partial charge is 0.381 e. The smallest absolute Gasteiger partial charge is 0.254 e. The number of hydrogen-bond acceptors (Lipinski definition) is 4. The summed E-state index contributed by atoms with van der Waals surface area (Å²) in [6.45, 7) is 11.7. The van der Waals surface area contributed by atoms with Crippen molar-refractivity contribution >= 4 is 5.91 Å². The number of hydrogen-bond donors (Lipinski definition) is 0. The number of carbonyl (C=O) groups excluding carboxylic acids is 1. The van der Waals surface area contributed by atoms with Crippen molar-refractivity contribution in [3.8, 4) is 0 Å². The van der Waals surface area contributed by atoms with Gasteiger partial charge >= 0.3 is 0 Å². The van der Waals surface area contributed by atoms with Crippen LogP contribution < -0.4 is 0 Å². The van der Waals surface area contributed by atoms with Gasteiger partial charge in [-0.2, -0.15) is 0 Å². The summed E-state index contributed by atoms with van der Waals surface area (Å²) in [7, 11) is 0. The molecule has 3 heterocycles. The van der Waals surface area contributed by atoms with E-state index < -0.39 is 0 Å². The second kappa shape index (κ2) is 7.51. The molecule has 3 aliphatic rings. The van der Waals surface area contributed by atoms with E-state index in [0.29, 0.717) is 5.92 Å². The minimum Gasteiger partial charge on any atom is -0.381 e. The van der Waals surface area contributed by atoms with Crippen LogP contribution in [0.3, 0.4) is 0 Å². The van der Waals surface area contributed by atoms with E-state index in [1.165, 1.54) is 25.8 Å². The van der Waals surface area contributed by atoms with Crippen LogP contribution in [0.15, 0.2) is 12.1 Å². The van der Waals surface area contributed by atoms with E-state index in [4.69, 9.17) is 4.74 Å². The number of aromatic nitrogens is 1. The molecule has 2 aliphatic heterocycles. The Hall–Kier alpha value is -1.46. The van der Waals surface area contributed by atoms with Crippen molar-refractivity contribution in [1.82, 2.24) is 14.8 Å². The zero-order chi connectivity index (χ0) is 19.0. The van der Waals surface area contributed by atoms with Gasteiger partial charge in [0, 0.05) is 49.8 Å². The molecule has 148 valence electrons. The van der Waals surface area contributed by atoms with Crippen molar-refractivity contribution in [2.45, 2.75) is 52.0 Å². The molecule has 0 radical (unpaired) electrons. The summed E-state index contributed by atoms with van der Waals surface area (Å²) >= 11 is 0. The van der Waals surface area contributed by atoms with Gasteiger partial charge in [0.2, 0.25) is 0 Å². The van der Waals surface area contributed by atoms with Crippen LogP contribution in [0.2, 0.25) is 0 Å². The first-order valence-corrected chi connectivity index (χ1v) is 10.6. The van der Waals surface area contributed by atoms with Gasteiger partial charge in [0.25, 0.3) is 5.91 Å². The normalized spacial score (nSPS) is 24.9. The molecular weight excluding hydrogens is 338 g/mol. The van der Waals surface area contributed by atoms with Crippen LogP contribution in [0, 0.1) is 25.7 Å². The summed E-state index contributed by atoms with van der Waals surface area (Å²) in [5, 5.41) is 0. The molecule has 5 nitrogen and oxygen atoms in total. The summed E-state index contributed by atoms with van der Waals surface area (Å²) in [5.41, 5.74) is 2.79. The summed E-state index contributed by atoms with van der Waals surface area (Å²) in [6, 6.07) is 3.84. The standard InChI is InChI=1S/C22H33N3O2/c1-4-27-13-19-7-8-25(12-18-5-6-18)22(11-19)14-24(15-22)21(26)20-9-16(2)23-17(3)10-20/h9-10,18-19H,4-8,11-15H2,1-3H3/t19-/m0/s1. The molecule has 1 aliphatic carbocycles. The highest BCUT2D eigenvalue weighted by Crippen LogP contribution is 2.42. The zero-order valence-electron chi connectivity index (χ0n) is 17.0. The Balaban J connectivity index is 1.45. The van der Waals surface area contributed by atoms with Crippen LogP contribution in [0.25, 0.3) is 0 Å². The van der Waals surface area contributed by atoms with Crippen molar-refractivity contribution in [2.75, 3.05) is 39.4 Å². The lowest BCUT2D eigenvalue weighted by atomic mass is 9.74. The van der Waals surface area contributed by atoms with E-state index >= 15 is 0 Å². The van der Waals surface area contributed by atoms with Gasteiger partial charge in [-0.05, 0) is 77.0 Å². The first kappa shape index (κ1) is 18.9. The molecule has 2 saturated heterocycles. The van der Waals surface area contributed by atoms with Crippen molar-refractivity contribution in [1.29, 1.82) is 0 Å². The second-order valence-corrected chi connectivity index (χ2v) is 8.93. The lowest BCUT2D eigenvalue weighted by Gasteiger charge is -2.59. The fourth-order valence-electron chi connectivity index (χ4n) is 4.95. The molecule has 0 bridgehead atoms. The van der Waals surface area contributed by atoms with E-state index in [1.54, 1.807) is 0 Å². The minimum absolute atomic E-state index is 0.160. The van der Waals surface area contributed by atoms with E-state index in [9.17, 15) is 4.79 Å². The van der Waals surface area contributed by atoms with Crippen molar-refractivity contribution < 1.29 is 9.53 Å². The number of rotatable bonds is 6. The zero-order valence-corrected chi connectivity index (χ0v) is 17.0. The molecule has 0 unspecified atom stereocenters. The fraction of sp³-hybridized carbons (Fsp3) is 0.727. The number of carbonyl (C=O) groups is 1. The molecule has 1 spiro atoms. The highest BCUT2D eigenvalue weighted by atomic mass is 16.5. The van der Waals surface area contributed by atoms with Gasteiger partial charge in [-0.25, -0.2) is 0 Å². The highest BCUT2D eigenvalue weighted by molar-refractivity contribution is 5.95. The topological polar surface area (TPSA) is 45.7 Å². The Kier molecular flexibility index (Phi) is 5.26. The molecule has 0 aromatic carbocycles. The molecule has 1 atom stereocenters. The van der Waals surface area contributed by atoms with Gasteiger partial charge < -0.3 is 9.64 Å². The molecule has 4 rings (SSSR count). The number of nitrogens with zero attached hydrogens (tertiary/aromatic N) is 3. The number of amides is 1. The van der Waals surface area contributed by atoms with Gasteiger partial charge in [-0.15, -0.1) is 0 Å². The summed E-state index contributed by atoms with van der Waals surface area (Å²) in [6.07, 6.45) is 5.16. The maximum absolute atomic E-state index is 13.0. The number of aryl methyl sites for hydroxylation is 2. The molecule has 1 amide bonds. The van der Waals surface area contributed by atoms with Gasteiger partial charge in [0.1, 0.15) is 0 Å². The van der Waals surface area contributed by atoms with Crippen LogP contribution in [-0.4, -0.2) is 65.6 Å². The average Bonchev–Trinajstić information content (AvgIpc) is 3.41. The van der Waals surface area contributed by atoms with E-state index in [1.807, 2.05) is 30.9 Å². The summed E-state index contributed by atoms with van der Waals surface area (Å²) < 4.78 is 5.73. The lowest BCUT2D eigenvalue weighted by Crippen LogP contribution is -2.73. The van der Waals surface area contributed by atoms with Crippen LogP contribution in [0.1, 0.15) is 54.4 Å². The van der Waals surface area contributed by atoms with E-state index in [0.717, 1.165) is 62.1 Å². The van der Waals surface area contributed by atoms with Crippen LogP contribution >= 0.6 is 0 Å². The quantitative estimate of drug-likeness (QED) is 0.771. The number of piperidine rings is 1. The minimum atomic E-state index is 0.160. The van der Waals surface area contributed by atoms with Gasteiger partial charge in [-0.1, -0.05) is 0 Å². The third-order valence-corrected chi connectivity index (χ3v) is 6.47. The summed E-state index contributed by atoms with van der Waals surface area (Å²) in [4.78, 5) is 22.2. The Bertz CT molecular complexity index is 675. The van der Waals surface area contributed by atoms with Gasteiger partial charge in [0.05, 0.1) is 5.54 Å². The molecule has 3 fully saturated rings. The number of pyridine rings is 1. The lowest BCUT2D eigenvalue weighted by molar-refractivity contribution is -0.0887. The molecule has 1 saturated carbocycles. The SMILES string of the molecule is CCOC[C@H]1CCN(CC2CC2)C2(C1)CN(C(=O)c1cc(C)nc(C)c1)C2. The molecule has 0 N–H and O–H groups in total. The first-order chi connectivity index (χ1) is 13.0. The Morgan fingerprint density at radius 2 is 1.89 bits per heavy atom. The van der Waals surface area contributed by atoms with E-state index in [2.05, 4.69) is 16.8 Å². The fourth-order valence-corrected chi connectivity index (χ4v) is 4.95. The van der Waals surface area contributed by atoms with Crippen molar-refractivity contribution in [3.05, 3.63) is 29.1 Å².